The van der Waals surface area contributed by atoms with Gasteiger partial charge >= 0.3 is 0 Å². The van der Waals surface area contributed by atoms with Crippen LogP contribution in [0.25, 0.3) is 0 Å². The fourth-order valence-electron chi connectivity index (χ4n) is 3.59. The number of ether oxygens (including phenoxy) is 1. The van der Waals surface area contributed by atoms with Crippen molar-refractivity contribution in [1.29, 1.82) is 0 Å². The van der Waals surface area contributed by atoms with Crippen molar-refractivity contribution in [3.8, 4) is 0 Å². The summed E-state index contributed by atoms with van der Waals surface area (Å²) in [6, 6.07) is 39.0. The van der Waals surface area contributed by atoms with E-state index in [4.69, 9.17) is 9.84 Å². The van der Waals surface area contributed by atoms with E-state index in [9.17, 15) is 0 Å². The molecule has 4 nitrogen and oxygen atoms in total. The second-order valence-electron chi connectivity index (χ2n) is 7.42. The molecule has 4 aromatic rings. The first-order valence-corrected chi connectivity index (χ1v) is 10.9. The molecule has 0 saturated heterocycles. The van der Waals surface area contributed by atoms with Crippen LogP contribution < -0.4 is 9.91 Å². The molecule has 0 radical (unpaired) electrons. The number of rotatable bonds is 9. The van der Waals surface area contributed by atoms with Gasteiger partial charge in [-0.15, -0.1) is 0 Å². The first-order chi connectivity index (χ1) is 16.3. The molecule has 0 aliphatic rings. The van der Waals surface area contributed by atoms with E-state index in [2.05, 4.69) is 84.3 Å². The smallest absolute Gasteiger partial charge is 0.188 e. The van der Waals surface area contributed by atoms with Gasteiger partial charge in [0.1, 0.15) is 0 Å². The second kappa shape index (κ2) is 10.8. The lowest BCUT2D eigenvalue weighted by atomic mass is 10.1. The predicted octanol–water partition coefficient (Wildman–Crippen LogP) is 7.50. The zero-order valence-electron chi connectivity index (χ0n) is 18.7. The normalized spacial score (nSPS) is 11.7. The molecule has 0 amide bonds. The van der Waals surface area contributed by atoms with Gasteiger partial charge in [-0.2, -0.15) is 5.10 Å². The Morgan fingerprint density at radius 3 is 1.61 bits per heavy atom. The van der Waals surface area contributed by atoms with Gasteiger partial charge in [0.15, 0.2) is 6.23 Å². The summed E-state index contributed by atoms with van der Waals surface area (Å²) in [5, 5.41) is 6.52. The van der Waals surface area contributed by atoms with E-state index in [0.29, 0.717) is 0 Å². The lowest BCUT2D eigenvalue weighted by molar-refractivity contribution is 0.158. The number of para-hydroxylation sites is 3. The molecule has 4 rings (SSSR count). The van der Waals surface area contributed by atoms with Gasteiger partial charge in [0.05, 0.1) is 18.2 Å². The van der Waals surface area contributed by atoms with E-state index < -0.39 is 0 Å². The Balaban J connectivity index is 1.61. The lowest BCUT2D eigenvalue weighted by Gasteiger charge is -2.26. The van der Waals surface area contributed by atoms with E-state index in [0.717, 1.165) is 28.3 Å². The third-order valence-electron chi connectivity index (χ3n) is 5.17. The maximum atomic E-state index is 5.56. The fourth-order valence-corrected chi connectivity index (χ4v) is 3.59. The Morgan fingerprint density at radius 2 is 1.12 bits per heavy atom. The van der Waals surface area contributed by atoms with Gasteiger partial charge in [0.2, 0.25) is 0 Å². The van der Waals surface area contributed by atoms with Crippen LogP contribution in [0, 0.1) is 0 Å². The predicted molar refractivity (Wildman–Crippen MR) is 138 cm³/mol. The van der Waals surface area contributed by atoms with Crippen LogP contribution in [-0.2, 0) is 4.74 Å². The van der Waals surface area contributed by atoms with E-state index in [-0.39, 0.29) is 6.23 Å². The number of hydrazone groups is 1. The summed E-state index contributed by atoms with van der Waals surface area (Å²) < 4.78 is 5.56. The molecule has 0 fully saturated rings. The number of anilines is 4. The van der Waals surface area contributed by atoms with Gasteiger partial charge in [-0.1, -0.05) is 73.3 Å². The number of hydrogen-bond donors (Lipinski definition) is 0. The third kappa shape index (κ3) is 5.49. The number of benzene rings is 4. The van der Waals surface area contributed by atoms with Crippen LogP contribution >= 0.6 is 0 Å². The highest BCUT2D eigenvalue weighted by Gasteiger charge is 2.14. The monoisotopic (exact) mass is 433 g/mol. The van der Waals surface area contributed by atoms with Crippen LogP contribution in [0.15, 0.2) is 133 Å². The minimum absolute atomic E-state index is 0.285. The van der Waals surface area contributed by atoms with Crippen LogP contribution in [0.5, 0.6) is 0 Å². The van der Waals surface area contributed by atoms with Crippen LogP contribution in [0.1, 0.15) is 12.5 Å². The highest BCUT2D eigenvalue weighted by Crippen LogP contribution is 2.33. The van der Waals surface area contributed by atoms with Crippen molar-refractivity contribution in [2.24, 2.45) is 5.10 Å². The SMILES string of the molecule is C=COC(C)N(/N=C/c1ccc(N(c2ccccc2)c2ccccc2)cc1)c1ccccc1. The fraction of sp³-hybridized carbons (Fsp3) is 0.0690. The molecule has 164 valence electrons. The van der Waals surface area contributed by atoms with E-state index >= 15 is 0 Å². The molecule has 1 unspecified atom stereocenters. The Hall–Kier alpha value is -4.31. The van der Waals surface area contributed by atoms with Crippen molar-refractivity contribution in [3.05, 3.63) is 134 Å². The van der Waals surface area contributed by atoms with Crippen molar-refractivity contribution in [2.45, 2.75) is 13.2 Å². The average Bonchev–Trinajstić information content (AvgIpc) is 2.87. The summed E-state index contributed by atoms with van der Waals surface area (Å²) >= 11 is 0. The first-order valence-electron chi connectivity index (χ1n) is 10.9. The van der Waals surface area contributed by atoms with Gasteiger partial charge in [-0.05, 0) is 61.0 Å². The third-order valence-corrected chi connectivity index (χ3v) is 5.17. The molecule has 4 heteroatoms. The summed E-state index contributed by atoms with van der Waals surface area (Å²) in [5.41, 5.74) is 5.23. The molecule has 0 saturated carbocycles. The minimum atomic E-state index is -0.285. The van der Waals surface area contributed by atoms with Crippen molar-refractivity contribution < 1.29 is 4.74 Å². The summed E-state index contributed by atoms with van der Waals surface area (Å²) in [6.45, 7) is 5.60. The zero-order valence-corrected chi connectivity index (χ0v) is 18.7. The first kappa shape index (κ1) is 21.9. The van der Waals surface area contributed by atoms with Gasteiger partial charge in [-0.25, -0.2) is 5.01 Å². The molecule has 0 spiro atoms. The van der Waals surface area contributed by atoms with Crippen molar-refractivity contribution in [1.82, 2.24) is 0 Å². The standard InChI is InChI=1S/C29H27N3O/c1-3-33-24(2)32(29-17-11-6-12-18-29)30-23-25-19-21-28(22-20-25)31(26-13-7-4-8-14-26)27-15-9-5-10-16-27/h3-24H,1H2,2H3/b30-23+. The molecule has 0 bridgehead atoms. The molecule has 0 N–H and O–H groups in total. The van der Waals surface area contributed by atoms with Gasteiger partial charge < -0.3 is 9.64 Å². The van der Waals surface area contributed by atoms with Crippen LogP contribution in [-0.4, -0.2) is 12.4 Å². The summed E-state index contributed by atoms with van der Waals surface area (Å²) in [5.74, 6) is 0. The zero-order chi connectivity index (χ0) is 22.9. The Bertz CT molecular complexity index is 1120. The Morgan fingerprint density at radius 1 is 0.667 bits per heavy atom. The maximum Gasteiger partial charge on any atom is 0.188 e. The molecule has 1 atom stereocenters. The topological polar surface area (TPSA) is 28.1 Å². The van der Waals surface area contributed by atoms with E-state index in [1.54, 1.807) is 0 Å². The number of hydrogen-bond acceptors (Lipinski definition) is 4. The van der Waals surface area contributed by atoms with Crippen molar-refractivity contribution >= 4 is 29.0 Å². The van der Waals surface area contributed by atoms with E-state index in [1.807, 2.05) is 60.6 Å². The summed E-state index contributed by atoms with van der Waals surface area (Å²) in [7, 11) is 0. The molecule has 4 aromatic carbocycles. The lowest BCUT2D eigenvalue weighted by Crippen LogP contribution is -2.29. The summed E-state index contributed by atoms with van der Waals surface area (Å²) in [6.07, 6.45) is 2.99. The van der Waals surface area contributed by atoms with E-state index in [1.165, 1.54) is 6.26 Å². The van der Waals surface area contributed by atoms with Crippen LogP contribution in [0.2, 0.25) is 0 Å². The van der Waals surface area contributed by atoms with Crippen molar-refractivity contribution in [2.75, 3.05) is 9.91 Å². The Labute approximate surface area is 195 Å². The van der Waals surface area contributed by atoms with Crippen LogP contribution in [0.4, 0.5) is 22.7 Å². The number of nitrogens with zero attached hydrogens (tertiary/aromatic N) is 3. The highest BCUT2D eigenvalue weighted by molar-refractivity contribution is 5.83. The molecular weight excluding hydrogens is 406 g/mol. The van der Waals surface area contributed by atoms with Gasteiger partial charge in [0, 0.05) is 17.1 Å². The minimum Gasteiger partial charge on any atom is -0.477 e. The molecular formula is C29H27N3O. The van der Waals surface area contributed by atoms with Gasteiger partial charge in [-0.3, -0.25) is 0 Å². The largest absolute Gasteiger partial charge is 0.477 e. The maximum absolute atomic E-state index is 5.56. The van der Waals surface area contributed by atoms with Crippen molar-refractivity contribution in [3.63, 3.8) is 0 Å². The molecule has 0 aliphatic heterocycles. The molecule has 0 aromatic heterocycles. The average molecular weight is 434 g/mol. The second-order valence-corrected chi connectivity index (χ2v) is 7.42. The van der Waals surface area contributed by atoms with Gasteiger partial charge in [0.25, 0.3) is 0 Å². The molecule has 0 aliphatic carbocycles. The molecule has 0 heterocycles. The molecule has 33 heavy (non-hydrogen) atoms. The quantitative estimate of drug-likeness (QED) is 0.118. The summed E-state index contributed by atoms with van der Waals surface area (Å²) in [4.78, 5) is 2.23. The van der Waals surface area contributed by atoms with Crippen LogP contribution in [0.3, 0.4) is 0 Å². The Kier molecular flexibility index (Phi) is 7.18. The highest BCUT2D eigenvalue weighted by atomic mass is 16.5.